The Kier molecular flexibility index (Phi) is 3.88. The summed E-state index contributed by atoms with van der Waals surface area (Å²) < 4.78 is 2.36. The van der Waals surface area contributed by atoms with Crippen LogP contribution >= 0.6 is 0 Å². The first-order valence-electron chi connectivity index (χ1n) is 10.3. The summed E-state index contributed by atoms with van der Waals surface area (Å²) >= 11 is 0. The number of benzene rings is 3. The molecule has 0 atom stereocenters. The number of fused-ring (bicyclic) bond motifs is 3. The largest absolute Gasteiger partial charge is 0.310 e. The maximum Gasteiger partial charge on any atom is 0.181 e. The molecule has 1 aliphatic rings. The number of aromatic nitrogens is 4. The van der Waals surface area contributed by atoms with E-state index in [1.165, 1.54) is 27.8 Å². The second kappa shape index (κ2) is 6.85. The van der Waals surface area contributed by atoms with E-state index in [1.807, 2.05) is 30.3 Å². The van der Waals surface area contributed by atoms with Crippen LogP contribution < -0.4 is 0 Å². The summed E-state index contributed by atoms with van der Waals surface area (Å²) in [5, 5.41) is 8.89. The Morgan fingerprint density at radius 2 is 1.63 bits per heavy atom. The zero-order valence-electron chi connectivity index (χ0n) is 16.4. The van der Waals surface area contributed by atoms with Gasteiger partial charge in [0, 0.05) is 27.9 Å². The van der Waals surface area contributed by atoms with Gasteiger partial charge in [-0.1, -0.05) is 66.7 Å². The molecule has 2 aromatic heterocycles. The van der Waals surface area contributed by atoms with E-state index in [0.717, 1.165) is 29.8 Å². The Balaban J connectivity index is 1.53. The van der Waals surface area contributed by atoms with Crippen LogP contribution in [0.1, 0.15) is 17.7 Å². The molecule has 0 fully saturated rings. The first-order valence-corrected chi connectivity index (χ1v) is 10.3. The van der Waals surface area contributed by atoms with Gasteiger partial charge in [-0.15, -0.1) is 0 Å². The summed E-state index contributed by atoms with van der Waals surface area (Å²) in [5.41, 5.74) is 7.11. The lowest BCUT2D eigenvalue weighted by atomic mass is 10.0. The maximum atomic E-state index is 4.75. The van der Waals surface area contributed by atoms with Crippen molar-refractivity contribution in [2.75, 3.05) is 0 Å². The van der Waals surface area contributed by atoms with Crippen LogP contribution in [0.3, 0.4) is 0 Å². The molecule has 0 spiro atoms. The molecule has 4 heteroatoms. The third kappa shape index (κ3) is 2.69. The molecule has 2 heterocycles. The van der Waals surface area contributed by atoms with E-state index in [-0.39, 0.29) is 0 Å². The molecule has 0 bridgehead atoms. The zero-order valence-corrected chi connectivity index (χ0v) is 16.4. The van der Waals surface area contributed by atoms with Crippen molar-refractivity contribution in [1.29, 1.82) is 0 Å². The van der Waals surface area contributed by atoms with Crippen LogP contribution in [0.15, 0.2) is 84.9 Å². The van der Waals surface area contributed by atoms with E-state index >= 15 is 0 Å². The van der Waals surface area contributed by atoms with Crippen molar-refractivity contribution < 1.29 is 0 Å². The van der Waals surface area contributed by atoms with Gasteiger partial charge in [0.15, 0.2) is 11.6 Å². The summed E-state index contributed by atoms with van der Waals surface area (Å²) in [4.78, 5) is 4.75. The Morgan fingerprint density at radius 1 is 0.833 bits per heavy atom. The molecular formula is C26H20N4. The number of hydrogen-bond donors (Lipinski definition) is 1. The highest BCUT2D eigenvalue weighted by atomic mass is 15.2. The summed E-state index contributed by atoms with van der Waals surface area (Å²) in [6.45, 7) is 0. The highest BCUT2D eigenvalue weighted by Gasteiger charge is 2.19. The number of hydrogen-bond acceptors (Lipinski definition) is 2. The number of H-pyrrole nitrogens is 1. The summed E-state index contributed by atoms with van der Waals surface area (Å²) in [6, 6.07) is 27.2. The molecule has 1 N–H and O–H groups in total. The molecule has 0 unspecified atom stereocenters. The Labute approximate surface area is 174 Å². The van der Waals surface area contributed by atoms with Gasteiger partial charge >= 0.3 is 0 Å². The molecule has 3 aromatic carbocycles. The molecule has 1 aliphatic carbocycles. The first kappa shape index (κ1) is 17.0. The summed E-state index contributed by atoms with van der Waals surface area (Å²) in [6.07, 6.45) is 6.68. The Morgan fingerprint density at radius 3 is 2.47 bits per heavy atom. The van der Waals surface area contributed by atoms with Crippen LogP contribution in [-0.4, -0.2) is 19.7 Å². The second-order valence-corrected chi connectivity index (χ2v) is 7.58. The number of rotatable bonds is 3. The lowest BCUT2D eigenvalue weighted by Crippen LogP contribution is -1.99. The highest BCUT2D eigenvalue weighted by Crippen LogP contribution is 2.35. The number of aromatic amines is 1. The first-order chi connectivity index (χ1) is 14.9. The third-order valence-electron chi connectivity index (χ3n) is 5.76. The highest BCUT2D eigenvalue weighted by molar-refractivity contribution is 5.93. The van der Waals surface area contributed by atoms with Gasteiger partial charge in [0.1, 0.15) is 0 Å². The predicted octanol–water partition coefficient (Wildman–Crippen LogP) is 6.04. The number of para-hydroxylation sites is 1. The van der Waals surface area contributed by atoms with E-state index in [2.05, 4.69) is 75.4 Å². The normalized spacial score (nSPS) is 12.9. The monoisotopic (exact) mass is 388 g/mol. The zero-order chi connectivity index (χ0) is 19.9. The van der Waals surface area contributed by atoms with Crippen LogP contribution in [0.2, 0.25) is 0 Å². The fraction of sp³-hybridized carbons (Fsp3) is 0.0769. The van der Waals surface area contributed by atoms with Crippen molar-refractivity contribution in [3.8, 4) is 28.5 Å². The van der Waals surface area contributed by atoms with Gasteiger partial charge in [-0.25, -0.2) is 4.98 Å². The van der Waals surface area contributed by atoms with Gasteiger partial charge in [0.25, 0.3) is 0 Å². The molecule has 0 amide bonds. The lowest BCUT2D eigenvalue weighted by molar-refractivity contribution is 0.967. The maximum absolute atomic E-state index is 4.75. The van der Waals surface area contributed by atoms with Gasteiger partial charge in [-0.3, -0.25) is 5.10 Å². The van der Waals surface area contributed by atoms with Crippen LogP contribution in [0.25, 0.3) is 45.4 Å². The molecular weight excluding hydrogens is 368 g/mol. The minimum atomic E-state index is 0.713. The molecule has 0 aliphatic heterocycles. The topological polar surface area (TPSA) is 46.5 Å². The van der Waals surface area contributed by atoms with Crippen molar-refractivity contribution in [3.05, 3.63) is 96.2 Å². The third-order valence-corrected chi connectivity index (χ3v) is 5.76. The second-order valence-electron chi connectivity index (χ2n) is 7.58. The van der Waals surface area contributed by atoms with Crippen molar-refractivity contribution in [2.45, 2.75) is 12.8 Å². The minimum absolute atomic E-state index is 0.713. The van der Waals surface area contributed by atoms with Crippen molar-refractivity contribution in [2.24, 2.45) is 0 Å². The molecule has 6 rings (SSSR count). The van der Waals surface area contributed by atoms with Crippen LogP contribution in [0, 0.1) is 0 Å². The van der Waals surface area contributed by atoms with Gasteiger partial charge in [0.2, 0.25) is 0 Å². The number of nitrogens with zero attached hydrogens (tertiary/aromatic N) is 3. The van der Waals surface area contributed by atoms with Gasteiger partial charge in [0.05, 0.1) is 5.52 Å². The van der Waals surface area contributed by atoms with E-state index in [1.54, 1.807) is 0 Å². The Hall–Kier alpha value is -3.92. The molecule has 5 aromatic rings. The van der Waals surface area contributed by atoms with E-state index in [4.69, 9.17) is 4.98 Å². The van der Waals surface area contributed by atoms with Crippen molar-refractivity contribution in [3.63, 3.8) is 0 Å². The van der Waals surface area contributed by atoms with Gasteiger partial charge in [-0.05, 0) is 42.7 Å². The molecule has 0 saturated heterocycles. The average molecular weight is 388 g/mol. The van der Waals surface area contributed by atoms with Crippen LogP contribution in [0.4, 0.5) is 0 Å². The van der Waals surface area contributed by atoms with Crippen LogP contribution in [0.5, 0.6) is 0 Å². The fourth-order valence-corrected chi connectivity index (χ4v) is 4.35. The number of nitrogens with one attached hydrogen (secondary N) is 1. The standard InChI is InChI=1S/C26H20N4/c1-3-9-18(10-4-1)25-27-26(29-28-25)19-15-16-22-21-13-7-8-14-23(21)30(24(22)17-19)20-11-5-2-6-12-20/h1-6,8-12,14-17H,7,13H2,(H,27,28,29). The van der Waals surface area contributed by atoms with Crippen molar-refractivity contribution in [1.82, 2.24) is 19.7 Å². The lowest BCUT2D eigenvalue weighted by Gasteiger charge is -2.11. The van der Waals surface area contributed by atoms with E-state index in [9.17, 15) is 0 Å². The van der Waals surface area contributed by atoms with E-state index < -0.39 is 0 Å². The van der Waals surface area contributed by atoms with Gasteiger partial charge < -0.3 is 4.57 Å². The predicted molar refractivity (Wildman–Crippen MR) is 121 cm³/mol. The van der Waals surface area contributed by atoms with Crippen LogP contribution in [-0.2, 0) is 6.42 Å². The minimum Gasteiger partial charge on any atom is -0.310 e. The molecule has 0 radical (unpaired) electrons. The number of aryl methyl sites for hydroxylation is 1. The average Bonchev–Trinajstić information content (AvgIpc) is 3.43. The molecule has 0 saturated carbocycles. The molecule has 144 valence electrons. The quantitative estimate of drug-likeness (QED) is 0.409. The smallest absolute Gasteiger partial charge is 0.181 e. The molecule has 30 heavy (non-hydrogen) atoms. The molecule has 4 nitrogen and oxygen atoms in total. The van der Waals surface area contributed by atoms with Crippen molar-refractivity contribution >= 4 is 17.0 Å². The van der Waals surface area contributed by atoms with E-state index in [0.29, 0.717) is 5.82 Å². The fourth-order valence-electron chi connectivity index (χ4n) is 4.35. The Bertz CT molecular complexity index is 1380. The number of allylic oxidation sites excluding steroid dienone is 1. The van der Waals surface area contributed by atoms with Gasteiger partial charge in [-0.2, -0.15) is 5.10 Å². The summed E-state index contributed by atoms with van der Waals surface area (Å²) in [7, 11) is 0. The summed E-state index contributed by atoms with van der Waals surface area (Å²) in [5.74, 6) is 1.50. The SMILES string of the molecule is C1=Cc2c(c3ccc(-c4n[nH]c(-c5ccccc5)n4)cc3n2-c2ccccc2)CC1.